The van der Waals surface area contributed by atoms with Crippen LogP contribution in [-0.2, 0) is 6.54 Å². The van der Waals surface area contributed by atoms with Gasteiger partial charge in [0, 0.05) is 39.6 Å². The minimum atomic E-state index is 0.784. The van der Waals surface area contributed by atoms with Gasteiger partial charge in [-0.25, -0.2) is 0 Å². The van der Waals surface area contributed by atoms with E-state index < -0.39 is 0 Å². The Kier molecular flexibility index (Phi) is 3.31. The minimum absolute atomic E-state index is 0.784. The third-order valence-corrected chi connectivity index (χ3v) is 1.75. The Hall–Kier alpha value is 0.0700. The molecule has 2 nitrogen and oxygen atoms in total. The van der Waals surface area contributed by atoms with Crippen LogP contribution < -0.4 is 4.34 Å². The largest absolute Gasteiger partial charge is 0.263 e. The maximum atomic E-state index is 4.00. The molecule has 0 radical (unpaired) electrons. The molecule has 0 aliphatic rings. The highest BCUT2D eigenvalue weighted by atomic mass is 79.9. The van der Waals surface area contributed by atoms with Crippen molar-refractivity contribution in [1.29, 1.82) is 0 Å². The summed E-state index contributed by atoms with van der Waals surface area (Å²) < 4.78 is 3.87. The zero-order chi connectivity index (χ0) is 7.40. The van der Waals surface area contributed by atoms with Crippen LogP contribution in [-0.4, -0.2) is 4.98 Å². The molecular weight excluding hydrogens is 260 g/mol. The van der Waals surface area contributed by atoms with Gasteiger partial charge in [-0.3, -0.25) is 9.33 Å². The molecule has 0 unspecified atom stereocenters. The van der Waals surface area contributed by atoms with E-state index in [-0.39, 0.29) is 0 Å². The van der Waals surface area contributed by atoms with E-state index in [0.717, 1.165) is 16.6 Å². The first-order valence-corrected chi connectivity index (χ1v) is 4.34. The van der Waals surface area contributed by atoms with E-state index in [1.165, 1.54) is 0 Å². The first-order valence-electron chi connectivity index (χ1n) is 2.76. The van der Waals surface area contributed by atoms with Crippen LogP contribution in [0, 0.1) is 0 Å². The monoisotopic (exact) mass is 264 g/mol. The SMILES string of the molecule is BrNCc1cncc(Br)c1. The van der Waals surface area contributed by atoms with Crippen LogP contribution in [0.25, 0.3) is 0 Å². The van der Waals surface area contributed by atoms with E-state index in [4.69, 9.17) is 0 Å². The van der Waals surface area contributed by atoms with Gasteiger partial charge in [-0.05, 0) is 27.6 Å². The second-order valence-corrected chi connectivity index (χ2v) is 3.30. The predicted octanol–water partition coefficient (Wildman–Crippen LogP) is 2.24. The topological polar surface area (TPSA) is 24.9 Å². The lowest BCUT2D eigenvalue weighted by Crippen LogP contribution is -1.97. The summed E-state index contributed by atoms with van der Waals surface area (Å²) >= 11 is 6.44. The first kappa shape index (κ1) is 8.17. The van der Waals surface area contributed by atoms with Crippen LogP contribution in [0.2, 0.25) is 0 Å². The fourth-order valence-corrected chi connectivity index (χ4v) is 1.37. The van der Waals surface area contributed by atoms with Gasteiger partial charge < -0.3 is 0 Å². The maximum Gasteiger partial charge on any atom is 0.0410 e. The second-order valence-electron chi connectivity index (χ2n) is 1.82. The molecule has 1 rings (SSSR count). The average molecular weight is 266 g/mol. The Morgan fingerprint density at radius 3 is 2.90 bits per heavy atom. The summed E-state index contributed by atoms with van der Waals surface area (Å²) in [5, 5.41) is 0. The van der Waals surface area contributed by atoms with Crippen molar-refractivity contribution in [3.63, 3.8) is 0 Å². The molecule has 0 aliphatic carbocycles. The Bertz CT molecular complexity index is 215. The van der Waals surface area contributed by atoms with Gasteiger partial charge in [0.25, 0.3) is 0 Å². The molecule has 1 heterocycles. The predicted molar refractivity (Wildman–Crippen MR) is 47.7 cm³/mol. The van der Waals surface area contributed by atoms with E-state index in [1.807, 2.05) is 12.3 Å². The van der Waals surface area contributed by atoms with Crippen LogP contribution in [0.1, 0.15) is 5.56 Å². The number of nitrogens with one attached hydrogen (secondary N) is 1. The third-order valence-electron chi connectivity index (χ3n) is 1.03. The van der Waals surface area contributed by atoms with Crippen molar-refractivity contribution >= 4 is 32.1 Å². The number of nitrogens with zero attached hydrogens (tertiary/aromatic N) is 1. The zero-order valence-corrected chi connectivity index (χ0v) is 8.31. The highest BCUT2D eigenvalue weighted by molar-refractivity contribution is 9.10. The first-order chi connectivity index (χ1) is 4.83. The van der Waals surface area contributed by atoms with Crippen molar-refractivity contribution in [2.45, 2.75) is 6.54 Å². The molecule has 0 bridgehead atoms. The molecule has 10 heavy (non-hydrogen) atoms. The lowest BCUT2D eigenvalue weighted by molar-refractivity contribution is 0.978. The van der Waals surface area contributed by atoms with Gasteiger partial charge in [-0.1, -0.05) is 0 Å². The summed E-state index contributed by atoms with van der Waals surface area (Å²) in [7, 11) is 0. The van der Waals surface area contributed by atoms with Crippen molar-refractivity contribution in [2.75, 3.05) is 0 Å². The normalized spacial score (nSPS) is 9.80. The molecule has 0 amide bonds. The molecule has 0 atom stereocenters. The summed E-state index contributed by atoms with van der Waals surface area (Å²) in [6.45, 7) is 0.784. The summed E-state index contributed by atoms with van der Waals surface area (Å²) in [6, 6.07) is 2.02. The number of pyridine rings is 1. The number of rotatable bonds is 2. The second kappa shape index (κ2) is 4.05. The summed E-state index contributed by atoms with van der Waals surface area (Å²) in [4.78, 5) is 4.00. The molecule has 1 aromatic rings. The molecule has 4 heteroatoms. The summed E-state index contributed by atoms with van der Waals surface area (Å²) in [5.41, 5.74) is 1.14. The van der Waals surface area contributed by atoms with Gasteiger partial charge in [-0.2, -0.15) is 0 Å². The summed E-state index contributed by atoms with van der Waals surface area (Å²) in [6.07, 6.45) is 3.58. The van der Waals surface area contributed by atoms with Gasteiger partial charge in [0.2, 0.25) is 0 Å². The lowest BCUT2D eigenvalue weighted by atomic mass is 10.3. The highest BCUT2D eigenvalue weighted by Gasteiger charge is 1.91. The van der Waals surface area contributed by atoms with Gasteiger partial charge in [0.1, 0.15) is 0 Å². The van der Waals surface area contributed by atoms with E-state index in [0.29, 0.717) is 0 Å². The van der Waals surface area contributed by atoms with Crippen molar-refractivity contribution in [2.24, 2.45) is 0 Å². The molecule has 54 valence electrons. The third kappa shape index (κ3) is 2.36. The number of hydrogen-bond acceptors (Lipinski definition) is 2. The van der Waals surface area contributed by atoms with E-state index >= 15 is 0 Å². The molecule has 1 aromatic heterocycles. The van der Waals surface area contributed by atoms with Gasteiger partial charge in [0.05, 0.1) is 0 Å². The van der Waals surface area contributed by atoms with E-state index in [1.54, 1.807) is 6.20 Å². The van der Waals surface area contributed by atoms with Crippen LogP contribution in [0.15, 0.2) is 22.9 Å². The van der Waals surface area contributed by atoms with E-state index in [9.17, 15) is 0 Å². The molecule has 0 aliphatic heterocycles. The van der Waals surface area contributed by atoms with Crippen molar-refractivity contribution < 1.29 is 0 Å². The van der Waals surface area contributed by atoms with Crippen LogP contribution >= 0.6 is 32.1 Å². The lowest BCUT2D eigenvalue weighted by Gasteiger charge is -1.96. The van der Waals surface area contributed by atoms with Crippen LogP contribution in [0.4, 0.5) is 0 Å². The van der Waals surface area contributed by atoms with E-state index in [2.05, 4.69) is 41.4 Å². The smallest absolute Gasteiger partial charge is 0.0410 e. The highest BCUT2D eigenvalue weighted by Crippen LogP contribution is 2.09. The number of aromatic nitrogens is 1. The quantitative estimate of drug-likeness (QED) is 0.830. The zero-order valence-electron chi connectivity index (χ0n) is 5.14. The van der Waals surface area contributed by atoms with Crippen molar-refractivity contribution in [3.8, 4) is 0 Å². The van der Waals surface area contributed by atoms with Gasteiger partial charge in [0.15, 0.2) is 0 Å². The Morgan fingerprint density at radius 2 is 2.30 bits per heavy atom. The molecule has 0 aromatic carbocycles. The fraction of sp³-hybridized carbons (Fsp3) is 0.167. The Balaban J connectivity index is 2.75. The molecule has 0 saturated heterocycles. The number of hydrogen-bond donors (Lipinski definition) is 1. The summed E-state index contributed by atoms with van der Waals surface area (Å²) in [5.74, 6) is 0. The molecule has 0 saturated carbocycles. The number of halogens is 2. The standard InChI is InChI=1S/C6H6Br2N2/c7-6-1-5(3-10-8)2-9-4-6/h1-2,4,10H,3H2. The van der Waals surface area contributed by atoms with Gasteiger partial charge in [-0.15, -0.1) is 0 Å². The van der Waals surface area contributed by atoms with Crippen LogP contribution in [0.3, 0.4) is 0 Å². The van der Waals surface area contributed by atoms with Crippen LogP contribution in [0.5, 0.6) is 0 Å². The molecule has 1 N–H and O–H groups in total. The Labute approximate surface area is 76.5 Å². The molecule has 0 spiro atoms. The molecular formula is C6H6Br2N2. The Morgan fingerprint density at radius 1 is 1.50 bits per heavy atom. The fourth-order valence-electron chi connectivity index (χ4n) is 0.630. The molecule has 0 fully saturated rings. The average Bonchev–Trinajstić information content (AvgIpc) is 1.88. The van der Waals surface area contributed by atoms with Crippen molar-refractivity contribution in [3.05, 3.63) is 28.5 Å². The van der Waals surface area contributed by atoms with Gasteiger partial charge >= 0.3 is 0 Å². The minimum Gasteiger partial charge on any atom is -0.263 e. The maximum absolute atomic E-state index is 4.00. The van der Waals surface area contributed by atoms with Crippen molar-refractivity contribution in [1.82, 2.24) is 9.33 Å².